The van der Waals surface area contributed by atoms with Crippen molar-refractivity contribution in [3.05, 3.63) is 66.1 Å². The Morgan fingerprint density at radius 2 is 1.83 bits per heavy atom. The average Bonchev–Trinajstić information content (AvgIpc) is 3.10. The zero-order valence-electron chi connectivity index (χ0n) is 14.6. The van der Waals surface area contributed by atoms with Crippen molar-refractivity contribution in [2.24, 2.45) is 0 Å². The number of carboxylic acids is 1. The van der Waals surface area contributed by atoms with Crippen LogP contribution in [0.4, 0.5) is 19.0 Å². The molecule has 4 aromatic rings. The van der Waals surface area contributed by atoms with Crippen molar-refractivity contribution in [2.45, 2.75) is 6.18 Å². The van der Waals surface area contributed by atoms with Gasteiger partial charge >= 0.3 is 12.1 Å². The second-order valence-corrected chi connectivity index (χ2v) is 6.18. The van der Waals surface area contributed by atoms with E-state index in [1.165, 1.54) is 35.1 Å². The maximum Gasteiger partial charge on any atom is 0.433 e. The standard InChI is InChI=1S/C19H12F3N5O2/c20-19(21,22)15-2-1-3-17(26-15)27-14-7-10(4-5-11(14)9-24-27)12-6-13(18(28)29)25-16(23)8-12/h1-9H,(H2,23,25)(H,28,29). The van der Waals surface area contributed by atoms with Crippen molar-refractivity contribution in [3.63, 3.8) is 0 Å². The third-order valence-electron chi connectivity index (χ3n) is 4.21. The van der Waals surface area contributed by atoms with Crippen LogP contribution in [0.3, 0.4) is 0 Å². The topological polar surface area (TPSA) is 107 Å². The highest BCUT2D eigenvalue weighted by Crippen LogP contribution is 2.30. The zero-order chi connectivity index (χ0) is 20.8. The van der Waals surface area contributed by atoms with Gasteiger partial charge in [0.2, 0.25) is 0 Å². The number of alkyl halides is 3. The van der Waals surface area contributed by atoms with Gasteiger partial charge in [-0.15, -0.1) is 0 Å². The van der Waals surface area contributed by atoms with Crippen molar-refractivity contribution in [1.29, 1.82) is 0 Å². The first kappa shape index (κ1) is 18.4. The molecule has 0 unspecified atom stereocenters. The van der Waals surface area contributed by atoms with Crippen molar-refractivity contribution < 1.29 is 23.1 Å². The Labute approximate surface area is 161 Å². The molecule has 29 heavy (non-hydrogen) atoms. The predicted molar refractivity (Wildman–Crippen MR) is 98.5 cm³/mol. The third-order valence-corrected chi connectivity index (χ3v) is 4.21. The Bertz CT molecular complexity index is 1250. The van der Waals surface area contributed by atoms with E-state index in [1.54, 1.807) is 18.2 Å². The number of fused-ring (bicyclic) bond motifs is 1. The van der Waals surface area contributed by atoms with E-state index in [9.17, 15) is 23.1 Å². The van der Waals surface area contributed by atoms with Gasteiger partial charge in [0, 0.05) is 5.39 Å². The number of hydrogen-bond donors (Lipinski definition) is 2. The van der Waals surface area contributed by atoms with Gasteiger partial charge in [0.05, 0.1) is 11.7 Å². The average molecular weight is 399 g/mol. The number of nitrogens with zero attached hydrogens (tertiary/aromatic N) is 4. The van der Waals surface area contributed by atoms with Gasteiger partial charge in [-0.25, -0.2) is 19.4 Å². The van der Waals surface area contributed by atoms with Crippen LogP contribution in [0.1, 0.15) is 16.2 Å². The predicted octanol–water partition coefficient (Wildman–Crippen LogP) is 3.78. The van der Waals surface area contributed by atoms with Crippen molar-refractivity contribution >= 4 is 22.7 Å². The molecule has 4 rings (SSSR count). The van der Waals surface area contributed by atoms with Gasteiger partial charge in [0.15, 0.2) is 11.5 Å². The molecule has 1 aromatic carbocycles. The Hall–Kier alpha value is -3.95. The van der Waals surface area contributed by atoms with Crippen LogP contribution in [0.5, 0.6) is 0 Å². The van der Waals surface area contributed by atoms with E-state index in [0.29, 0.717) is 22.0 Å². The smallest absolute Gasteiger partial charge is 0.433 e. The van der Waals surface area contributed by atoms with Crippen LogP contribution >= 0.6 is 0 Å². The summed E-state index contributed by atoms with van der Waals surface area (Å²) in [5.41, 5.74) is 6.06. The molecule has 146 valence electrons. The van der Waals surface area contributed by atoms with Crippen molar-refractivity contribution in [2.75, 3.05) is 5.73 Å². The number of benzene rings is 1. The minimum Gasteiger partial charge on any atom is -0.477 e. The van der Waals surface area contributed by atoms with Gasteiger partial charge in [0.25, 0.3) is 0 Å². The van der Waals surface area contributed by atoms with E-state index >= 15 is 0 Å². The van der Waals surface area contributed by atoms with Crippen LogP contribution in [-0.2, 0) is 6.18 Å². The van der Waals surface area contributed by atoms with E-state index < -0.39 is 17.8 Å². The summed E-state index contributed by atoms with van der Waals surface area (Å²) in [5, 5.41) is 14.0. The SMILES string of the molecule is Nc1cc(-c2ccc3cnn(-c4cccc(C(F)(F)F)n4)c3c2)cc(C(=O)O)n1. The summed E-state index contributed by atoms with van der Waals surface area (Å²) in [7, 11) is 0. The lowest BCUT2D eigenvalue weighted by Crippen LogP contribution is -2.10. The molecule has 0 radical (unpaired) electrons. The molecule has 0 saturated heterocycles. The molecule has 0 bridgehead atoms. The Morgan fingerprint density at radius 1 is 1.03 bits per heavy atom. The monoisotopic (exact) mass is 399 g/mol. The van der Waals surface area contributed by atoms with E-state index in [2.05, 4.69) is 15.1 Å². The van der Waals surface area contributed by atoms with Crippen LogP contribution in [0.2, 0.25) is 0 Å². The summed E-state index contributed by atoms with van der Waals surface area (Å²) in [5.74, 6) is -1.18. The Kier molecular flexibility index (Phi) is 4.18. The molecule has 0 aliphatic heterocycles. The number of nitrogen functional groups attached to an aromatic ring is 1. The summed E-state index contributed by atoms with van der Waals surface area (Å²) in [6.07, 6.45) is -3.07. The first-order chi connectivity index (χ1) is 13.7. The molecule has 3 N–H and O–H groups in total. The molecule has 0 atom stereocenters. The summed E-state index contributed by atoms with van der Waals surface area (Å²) >= 11 is 0. The number of aromatic carboxylic acids is 1. The van der Waals surface area contributed by atoms with Gasteiger partial charge in [-0.05, 0) is 41.5 Å². The highest BCUT2D eigenvalue weighted by molar-refractivity contribution is 5.90. The number of halogens is 3. The number of anilines is 1. The molecular weight excluding hydrogens is 387 g/mol. The summed E-state index contributed by atoms with van der Waals surface area (Å²) in [4.78, 5) is 18.6. The number of rotatable bonds is 3. The number of pyridine rings is 2. The largest absolute Gasteiger partial charge is 0.477 e. The number of nitrogens with two attached hydrogens (primary N) is 1. The maximum absolute atomic E-state index is 13.0. The third kappa shape index (κ3) is 3.47. The lowest BCUT2D eigenvalue weighted by Gasteiger charge is -2.09. The number of aromatic nitrogens is 4. The molecule has 7 nitrogen and oxygen atoms in total. The normalized spacial score (nSPS) is 11.7. The molecule has 0 saturated carbocycles. The van der Waals surface area contributed by atoms with Crippen molar-refractivity contribution in [3.8, 4) is 16.9 Å². The second kappa shape index (κ2) is 6.59. The quantitative estimate of drug-likeness (QED) is 0.543. The maximum atomic E-state index is 13.0. The van der Waals surface area contributed by atoms with E-state index in [-0.39, 0.29) is 17.3 Å². The molecule has 0 fully saturated rings. The van der Waals surface area contributed by atoms with Gasteiger partial charge < -0.3 is 10.8 Å². The van der Waals surface area contributed by atoms with E-state index in [0.717, 1.165) is 6.07 Å². The minimum absolute atomic E-state index is 0.00689. The highest BCUT2D eigenvalue weighted by atomic mass is 19.4. The fourth-order valence-corrected chi connectivity index (χ4v) is 2.91. The highest BCUT2D eigenvalue weighted by Gasteiger charge is 2.32. The number of carboxylic acid groups (broad SMARTS) is 1. The van der Waals surface area contributed by atoms with Crippen molar-refractivity contribution in [1.82, 2.24) is 19.7 Å². The van der Waals surface area contributed by atoms with Gasteiger partial charge in [-0.3, -0.25) is 0 Å². The number of hydrogen-bond acceptors (Lipinski definition) is 5. The summed E-state index contributed by atoms with van der Waals surface area (Å²) < 4.78 is 40.3. The van der Waals surface area contributed by atoms with E-state index in [4.69, 9.17) is 5.73 Å². The zero-order valence-corrected chi connectivity index (χ0v) is 14.6. The Balaban J connectivity index is 1.86. The lowest BCUT2D eigenvalue weighted by atomic mass is 10.0. The first-order valence-corrected chi connectivity index (χ1v) is 8.26. The number of carbonyl (C=O) groups is 1. The van der Waals surface area contributed by atoms with Crippen LogP contribution in [0.25, 0.3) is 27.8 Å². The van der Waals surface area contributed by atoms with Gasteiger partial charge in [0.1, 0.15) is 11.5 Å². The van der Waals surface area contributed by atoms with Crippen LogP contribution < -0.4 is 5.73 Å². The minimum atomic E-state index is -4.58. The molecule has 0 aliphatic rings. The molecular formula is C19H12F3N5O2. The summed E-state index contributed by atoms with van der Waals surface area (Å²) in [6, 6.07) is 11.6. The van der Waals surface area contributed by atoms with Crippen LogP contribution in [0, 0.1) is 0 Å². The second-order valence-electron chi connectivity index (χ2n) is 6.18. The molecule has 0 amide bonds. The fraction of sp³-hybridized carbons (Fsp3) is 0.0526. The van der Waals surface area contributed by atoms with Crippen LogP contribution in [0.15, 0.2) is 54.7 Å². The molecule has 10 heteroatoms. The van der Waals surface area contributed by atoms with Crippen LogP contribution in [-0.4, -0.2) is 30.8 Å². The van der Waals surface area contributed by atoms with E-state index in [1.807, 2.05) is 0 Å². The molecule has 0 spiro atoms. The molecule has 3 aromatic heterocycles. The van der Waals surface area contributed by atoms with Gasteiger partial charge in [-0.1, -0.05) is 18.2 Å². The Morgan fingerprint density at radius 3 is 2.55 bits per heavy atom. The lowest BCUT2D eigenvalue weighted by molar-refractivity contribution is -0.141. The molecule has 3 heterocycles. The van der Waals surface area contributed by atoms with Gasteiger partial charge in [-0.2, -0.15) is 18.3 Å². The fourth-order valence-electron chi connectivity index (χ4n) is 2.91. The summed E-state index contributed by atoms with van der Waals surface area (Å²) in [6.45, 7) is 0. The molecule has 0 aliphatic carbocycles. The first-order valence-electron chi connectivity index (χ1n) is 8.26.